The molecule has 59 heavy (non-hydrogen) atoms. The molecule has 4 atom stereocenters. The van der Waals surface area contributed by atoms with Gasteiger partial charge in [0.25, 0.3) is 0 Å². The van der Waals surface area contributed by atoms with Crippen LogP contribution in [0.1, 0.15) is 58.7 Å². The number of carbonyl (C=O) groups excluding carboxylic acids is 2. The number of aromatic nitrogens is 4. The molecule has 0 bridgehead atoms. The number of hydrogen-bond acceptors (Lipinski definition) is 14. The van der Waals surface area contributed by atoms with Gasteiger partial charge in [0.15, 0.2) is 0 Å². The van der Waals surface area contributed by atoms with E-state index in [1.165, 1.54) is 27.2 Å². The van der Waals surface area contributed by atoms with Crippen LogP contribution in [0.4, 0.5) is 11.5 Å². The van der Waals surface area contributed by atoms with Crippen molar-refractivity contribution in [2.24, 2.45) is 22.6 Å². The number of nitrogens with two attached hydrogens (primary N) is 1. The number of aliphatic imine (C=N–C) groups is 1. The van der Waals surface area contributed by atoms with Crippen molar-refractivity contribution in [2.75, 3.05) is 58.0 Å². The normalized spacial score (nSPS) is 22.4. The van der Waals surface area contributed by atoms with E-state index in [1.54, 1.807) is 29.0 Å². The Morgan fingerprint density at radius 1 is 0.881 bits per heavy atom. The van der Waals surface area contributed by atoms with E-state index in [9.17, 15) is 9.59 Å². The highest BCUT2D eigenvalue weighted by Gasteiger charge is 2.36. The number of rotatable bonds is 7. The number of amides is 2. The minimum Gasteiger partial charge on any atom is -0.490 e. The number of aryl methyl sites for hydroxylation is 2. The molecule has 10 rings (SSSR count). The van der Waals surface area contributed by atoms with Crippen molar-refractivity contribution in [3.63, 3.8) is 0 Å². The largest absolute Gasteiger partial charge is 0.490 e. The molecule has 2 amide bonds. The number of nitrogens with zero attached hydrogens (tertiary/aromatic N) is 7. The van der Waals surface area contributed by atoms with Crippen LogP contribution >= 0.6 is 34.3 Å². The smallest absolute Gasteiger partial charge is 0.226 e. The number of hydrogen-bond donors (Lipinski definition) is 2. The Balaban J connectivity index is 0.000000168. The monoisotopic (exact) mass is 857 g/mol. The zero-order chi connectivity index (χ0) is 40.6. The molecule has 2 aliphatic carbocycles. The number of morpholine rings is 2. The minimum atomic E-state index is 0.00254. The first-order chi connectivity index (χ1) is 28.8. The SMILES string of the molecule is C[C@H]1COCCN1C(=O)[C@H]1CCc2c(sc3ncnc(Cl)c23)C1.C[C@H]1COCCN1C(=O)[C@H]1CCc2c(sc3ncnc(Nc4cc5c(cc4OCCN)CN=C5)c23)C1. The van der Waals surface area contributed by atoms with Gasteiger partial charge in [0.2, 0.25) is 11.8 Å². The van der Waals surface area contributed by atoms with Gasteiger partial charge in [0.05, 0.1) is 61.5 Å². The molecule has 3 N–H and O–H groups in total. The van der Waals surface area contributed by atoms with Crippen molar-refractivity contribution < 1.29 is 23.8 Å². The molecule has 5 aromatic rings. The summed E-state index contributed by atoms with van der Waals surface area (Å²) in [7, 11) is 0. The lowest BCUT2D eigenvalue weighted by atomic mass is 9.86. The summed E-state index contributed by atoms with van der Waals surface area (Å²) in [4.78, 5) is 56.5. The molecular weight excluding hydrogens is 810 g/mol. The van der Waals surface area contributed by atoms with Gasteiger partial charge >= 0.3 is 0 Å². The molecule has 2 saturated heterocycles. The van der Waals surface area contributed by atoms with Gasteiger partial charge in [0.1, 0.15) is 45.6 Å². The van der Waals surface area contributed by atoms with E-state index in [0.29, 0.717) is 64.4 Å². The molecule has 14 nitrogen and oxygen atoms in total. The molecule has 0 spiro atoms. The average molecular weight is 858 g/mol. The molecule has 310 valence electrons. The fraction of sp³-hybridized carbons (Fsp3) is 0.500. The van der Waals surface area contributed by atoms with Crippen LogP contribution in [-0.2, 0) is 51.3 Å². The zero-order valence-electron chi connectivity index (χ0n) is 33.2. The number of carbonyl (C=O) groups is 2. The standard InChI is InChI=1S/C26H30N6O3S.C16H18ClN3O2S/c1-15-13-34-7-5-32(15)26(33)16-2-3-19-22(10-16)36-25-23(19)24(29-14-30-25)31-20-8-17-11-28-12-18(17)9-21(20)35-6-4-27;1-9-7-22-5-4-20(9)16(21)10-2-3-11-12(6-10)23-15-13(11)14(17)18-8-19-15/h8-9,11,14-16H,2-7,10,12-13,27H2,1H3,(H,29,30,31);8-10H,2-7H2,1H3/t15-,16-;9-,10-/m00/s1. The highest BCUT2D eigenvalue weighted by atomic mass is 35.5. The van der Waals surface area contributed by atoms with Crippen LogP contribution in [0.3, 0.4) is 0 Å². The second-order valence-electron chi connectivity index (χ2n) is 15.8. The summed E-state index contributed by atoms with van der Waals surface area (Å²) >= 11 is 9.57. The van der Waals surface area contributed by atoms with E-state index in [2.05, 4.69) is 50.2 Å². The third-order valence-electron chi connectivity index (χ3n) is 12.0. The van der Waals surface area contributed by atoms with E-state index in [0.717, 1.165) is 87.3 Å². The number of ether oxygens (including phenoxy) is 3. The number of halogens is 1. The summed E-state index contributed by atoms with van der Waals surface area (Å²) in [6, 6.07) is 4.39. The first kappa shape index (κ1) is 40.1. The summed E-state index contributed by atoms with van der Waals surface area (Å²) in [6.07, 6.45) is 9.93. The summed E-state index contributed by atoms with van der Waals surface area (Å²) < 4.78 is 16.9. The number of nitrogens with one attached hydrogen (secondary N) is 1. The molecular formula is C42H48ClN9O5S2. The fourth-order valence-electron chi connectivity index (χ4n) is 8.93. The minimum absolute atomic E-state index is 0.00254. The number of fused-ring (bicyclic) bond motifs is 7. The molecule has 1 aromatic carbocycles. The average Bonchev–Trinajstić information content (AvgIpc) is 3.98. The Hall–Kier alpha value is -4.32. The van der Waals surface area contributed by atoms with Crippen molar-refractivity contribution in [2.45, 2.75) is 71.0 Å². The van der Waals surface area contributed by atoms with Crippen LogP contribution in [0.5, 0.6) is 5.75 Å². The van der Waals surface area contributed by atoms with E-state index in [4.69, 9.17) is 31.5 Å². The highest BCUT2D eigenvalue weighted by molar-refractivity contribution is 7.19. The third-order valence-corrected chi connectivity index (χ3v) is 14.6. The Kier molecular flexibility index (Phi) is 11.8. The van der Waals surface area contributed by atoms with Crippen molar-refractivity contribution >= 4 is 84.2 Å². The Morgan fingerprint density at radius 3 is 2.12 bits per heavy atom. The Morgan fingerprint density at radius 2 is 1.49 bits per heavy atom. The number of thiophene rings is 2. The molecule has 2 fully saturated rings. The molecule has 17 heteroatoms. The van der Waals surface area contributed by atoms with Gasteiger partial charge in [-0.15, -0.1) is 22.7 Å². The summed E-state index contributed by atoms with van der Waals surface area (Å²) in [5.41, 5.74) is 11.2. The molecule has 0 saturated carbocycles. The lowest BCUT2D eigenvalue weighted by molar-refractivity contribution is -0.144. The Bertz CT molecular complexity index is 2420. The molecule has 4 aromatic heterocycles. The van der Waals surface area contributed by atoms with Crippen LogP contribution in [0.15, 0.2) is 29.8 Å². The van der Waals surface area contributed by atoms with Gasteiger partial charge in [-0.05, 0) is 86.8 Å². The van der Waals surface area contributed by atoms with Gasteiger partial charge in [-0.3, -0.25) is 14.6 Å². The van der Waals surface area contributed by atoms with Crippen molar-refractivity contribution in [1.82, 2.24) is 29.7 Å². The maximum Gasteiger partial charge on any atom is 0.226 e. The predicted molar refractivity (Wildman–Crippen MR) is 230 cm³/mol. The van der Waals surface area contributed by atoms with E-state index in [1.807, 2.05) is 22.1 Å². The molecule has 5 aliphatic rings. The number of benzene rings is 1. The van der Waals surface area contributed by atoms with E-state index < -0.39 is 0 Å². The van der Waals surface area contributed by atoms with E-state index in [-0.39, 0.29) is 35.7 Å². The van der Waals surface area contributed by atoms with Crippen LogP contribution in [0.2, 0.25) is 5.15 Å². The van der Waals surface area contributed by atoms with Gasteiger partial charge in [-0.2, -0.15) is 0 Å². The van der Waals surface area contributed by atoms with Crippen molar-refractivity contribution in [1.29, 1.82) is 0 Å². The third kappa shape index (κ3) is 8.02. The van der Waals surface area contributed by atoms with Gasteiger partial charge in [-0.1, -0.05) is 11.6 Å². The van der Waals surface area contributed by atoms with Crippen LogP contribution < -0.4 is 15.8 Å². The van der Waals surface area contributed by atoms with Gasteiger partial charge in [0, 0.05) is 47.4 Å². The summed E-state index contributed by atoms with van der Waals surface area (Å²) in [5, 5.41) is 6.08. The van der Waals surface area contributed by atoms with Crippen molar-refractivity contribution in [3.8, 4) is 5.75 Å². The van der Waals surface area contributed by atoms with Crippen molar-refractivity contribution in [3.05, 3.63) is 61.9 Å². The summed E-state index contributed by atoms with van der Waals surface area (Å²) in [5.74, 6) is 2.08. The predicted octanol–water partition coefficient (Wildman–Crippen LogP) is 5.75. The molecule has 0 unspecified atom stereocenters. The summed E-state index contributed by atoms with van der Waals surface area (Å²) in [6.45, 7) is 9.53. The highest BCUT2D eigenvalue weighted by Crippen LogP contribution is 2.43. The number of anilines is 2. The quantitative estimate of drug-likeness (QED) is 0.191. The zero-order valence-corrected chi connectivity index (χ0v) is 35.6. The lowest BCUT2D eigenvalue weighted by Gasteiger charge is -2.36. The van der Waals surface area contributed by atoms with Crippen LogP contribution in [0, 0.1) is 11.8 Å². The molecule has 7 heterocycles. The molecule has 0 radical (unpaired) electrons. The first-order valence-electron chi connectivity index (χ1n) is 20.5. The Labute approximate surface area is 355 Å². The van der Waals surface area contributed by atoms with Crippen LogP contribution in [-0.4, -0.2) is 113 Å². The topological polar surface area (TPSA) is 170 Å². The lowest BCUT2D eigenvalue weighted by Crippen LogP contribution is -2.50. The second-order valence-corrected chi connectivity index (χ2v) is 18.3. The maximum atomic E-state index is 13.3. The second kappa shape index (κ2) is 17.3. The van der Waals surface area contributed by atoms with Gasteiger partial charge in [-0.25, -0.2) is 19.9 Å². The maximum absolute atomic E-state index is 13.3. The van der Waals surface area contributed by atoms with E-state index >= 15 is 0 Å². The van der Waals surface area contributed by atoms with Crippen LogP contribution in [0.25, 0.3) is 20.4 Å². The fourth-order valence-corrected chi connectivity index (χ4v) is 11.8. The molecule has 3 aliphatic heterocycles. The first-order valence-corrected chi connectivity index (χ1v) is 22.5. The van der Waals surface area contributed by atoms with Gasteiger partial charge < -0.3 is 35.1 Å².